The first kappa shape index (κ1) is 11.1. The largest absolute Gasteiger partial charge is 0.416 e. The van der Waals surface area contributed by atoms with Crippen LogP contribution in [0.5, 0.6) is 0 Å². The van der Waals surface area contributed by atoms with Gasteiger partial charge in [0.15, 0.2) is 0 Å². The SMILES string of the molecule is NC1(c2cccc(C(F)(F)F)c2)CC2(CC2)C1. The Morgan fingerprint density at radius 1 is 1.12 bits per heavy atom. The summed E-state index contributed by atoms with van der Waals surface area (Å²) in [6.45, 7) is 0. The van der Waals surface area contributed by atoms with E-state index in [4.69, 9.17) is 5.73 Å². The van der Waals surface area contributed by atoms with Gasteiger partial charge in [0.25, 0.3) is 0 Å². The molecule has 0 saturated heterocycles. The lowest BCUT2D eigenvalue weighted by molar-refractivity contribution is -0.137. The van der Waals surface area contributed by atoms with Gasteiger partial charge in [-0.1, -0.05) is 12.1 Å². The van der Waals surface area contributed by atoms with Crippen LogP contribution in [0.1, 0.15) is 36.8 Å². The molecule has 2 saturated carbocycles. The monoisotopic (exact) mass is 241 g/mol. The quantitative estimate of drug-likeness (QED) is 0.800. The number of benzene rings is 1. The average molecular weight is 241 g/mol. The summed E-state index contributed by atoms with van der Waals surface area (Å²) < 4.78 is 37.8. The Balaban J connectivity index is 1.89. The maximum Gasteiger partial charge on any atom is 0.416 e. The molecule has 0 heterocycles. The number of halogens is 3. The Morgan fingerprint density at radius 2 is 1.76 bits per heavy atom. The molecule has 92 valence electrons. The third kappa shape index (κ3) is 1.75. The van der Waals surface area contributed by atoms with Crippen molar-refractivity contribution in [2.24, 2.45) is 11.1 Å². The van der Waals surface area contributed by atoms with E-state index in [-0.39, 0.29) is 0 Å². The highest BCUT2D eigenvalue weighted by molar-refractivity contribution is 5.35. The van der Waals surface area contributed by atoms with Gasteiger partial charge in [-0.2, -0.15) is 13.2 Å². The van der Waals surface area contributed by atoms with Gasteiger partial charge >= 0.3 is 6.18 Å². The molecule has 0 aromatic heterocycles. The number of rotatable bonds is 1. The summed E-state index contributed by atoms with van der Waals surface area (Å²) in [6, 6.07) is 5.46. The molecule has 2 aliphatic carbocycles. The average Bonchev–Trinajstić information content (AvgIpc) is 2.96. The molecule has 0 bridgehead atoms. The Kier molecular flexibility index (Phi) is 1.99. The second-order valence-electron chi connectivity index (χ2n) is 5.59. The molecule has 2 aliphatic rings. The van der Waals surface area contributed by atoms with Gasteiger partial charge in [-0.3, -0.25) is 0 Å². The Labute approximate surface area is 97.8 Å². The zero-order chi connectivity index (χ0) is 12.3. The molecular formula is C13H14F3N. The normalized spacial score (nSPS) is 24.5. The molecular weight excluding hydrogens is 227 g/mol. The van der Waals surface area contributed by atoms with Gasteiger partial charge in [0.05, 0.1) is 5.56 Å². The first-order valence-electron chi connectivity index (χ1n) is 5.80. The summed E-state index contributed by atoms with van der Waals surface area (Å²) in [6.07, 6.45) is -0.244. The van der Waals surface area contributed by atoms with Crippen molar-refractivity contribution >= 4 is 0 Å². The van der Waals surface area contributed by atoms with Gasteiger partial charge < -0.3 is 5.73 Å². The van der Waals surface area contributed by atoms with Crippen molar-refractivity contribution in [3.63, 3.8) is 0 Å². The maximum absolute atomic E-state index is 12.6. The van der Waals surface area contributed by atoms with Gasteiger partial charge in [-0.15, -0.1) is 0 Å². The summed E-state index contributed by atoms with van der Waals surface area (Å²) in [5.74, 6) is 0. The van der Waals surface area contributed by atoms with Crippen molar-refractivity contribution in [3.05, 3.63) is 35.4 Å². The minimum Gasteiger partial charge on any atom is -0.321 e. The van der Waals surface area contributed by atoms with Crippen LogP contribution >= 0.6 is 0 Å². The Bertz CT molecular complexity index is 452. The van der Waals surface area contributed by atoms with E-state index in [2.05, 4.69) is 0 Å². The van der Waals surface area contributed by atoms with Crippen molar-refractivity contribution in [3.8, 4) is 0 Å². The molecule has 2 fully saturated rings. The molecule has 1 aromatic rings. The standard InChI is InChI=1S/C13H14F3N/c14-13(15,16)10-3-1-2-9(6-10)12(17)7-11(8-12)4-5-11/h1-3,6H,4-5,7-8,17H2. The molecule has 0 amide bonds. The van der Waals surface area contributed by atoms with Crippen molar-refractivity contribution in [2.45, 2.75) is 37.4 Å². The van der Waals surface area contributed by atoms with Crippen molar-refractivity contribution in [1.82, 2.24) is 0 Å². The van der Waals surface area contributed by atoms with Gasteiger partial charge in [-0.05, 0) is 48.8 Å². The summed E-state index contributed by atoms with van der Waals surface area (Å²) in [5, 5.41) is 0. The first-order chi connectivity index (χ1) is 7.83. The fourth-order valence-electron chi connectivity index (χ4n) is 3.03. The summed E-state index contributed by atoms with van der Waals surface area (Å²) >= 11 is 0. The predicted molar refractivity (Wildman–Crippen MR) is 58.2 cm³/mol. The molecule has 17 heavy (non-hydrogen) atoms. The highest BCUT2D eigenvalue weighted by Crippen LogP contribution is 2.67. The predicted octanol–water partition coefficient (Wildman–Crippen LogP) is 3.43. The topological polar surface area (TPSA) is 26.0 Å². The van der Waals surface area contributed by atoms with E-state index in [1.54, 1.807) is 6.07 Å². The van der Waals surface area contributed by atoms with Crippen LogP contribution in [0.3, 0.4) is 0 Å². The van der Waals surface area contributed by atoms with Crippen molar-refractivity contribution in [1.29, 1.82) is 0 Å². The molecule has 0 atom stereocenters. The number of alkyl halides is 3. The van der Waals surface area contributed by atoms with Gasteiger partial charge in [0.2, 0.25) is 0 Å². The second-order valence-corrected chi connectivity index (χ2v) is 5.59. The zero-order valence-corrected chi connectivity index (χ0v) is 9.35. The molecule has 1 aromatic carbocycles. The molecule has 3 rings (SSSR count). The van der Waals surface area contributed by atoms with Crippen molar-refractivity contribution in [2.75, 3.05) is 0 Å². The summed E-state index contributed by atoms with van der Waals surface area (Å²) in [4.78, 5) is 0. The first-order valence-corrected chi connectivity index (χ1v) is 5.80. The van der Waals surface area contributed by atoms with Crippen LogP contribution in [-0.2, 0) is 11.7 Å². The van der Waals surface area contributed by atoms with Crippen LogP contribution < -0.4 is 5.73 Å². The van der Waals surface area contributed by atoms with E-state index < -0.39 is 17.3 Å². The third-order valence-corrected chi connectivity index (χ3v) is 4.10. The molecule has 0 radical (unpaired) electrons. The van der Waals surface area contributed by atoms with Crippen LogP contribution in [0.25, 0.3) is 0 Å². The van der Waals surface area contributed by atoms with Crippen LogP contribution in [0, 0.1) is 5.41 Å². The van der Waals surface area contributed by atoms with E-state index in [0.717, 1.165) is 18.9 Å². The lowest BCUT2D eigenvalue weighted by Gasteiger charge is -2.46. The molecule has 2 N–H and O–H groups in total. The van der Waals surface area contributed by atoms with E-state index in [9.17, 15) is 13.2 Å². The molecule has 0 aliphatic heterocycles. The van der Waals surface area contributed by atoms with Crippen LogP contribution in [0.15, 0.2) is 24.3 Å². The lowest BCUT2D eigenvalue weighted by Crippen LogP contribution is -2.50. The van der Waals surface area contributed by atoms with Crippen LogP contribution in [0.4, 0.5) is 13.2 Å². The smallest absolute Gasteiger partial charge is 0.321 e. The third-order valence-electron chi connectivity index (χ3n) is 4.10. The van der Waals surface area contributed by atoms with E-state index in [1.807, 2.05) is 0 Å². The van der Waals surface area contributed by atoms with Gasteiger partial charge in [0, 0.05) is 5.54 Å². The Hall–Kier alpha value is -1.03. The maximum atomic E-state index is 12.6. The molecule has 4 heteroatoms. The molecule has 1 spiro atoms. The van der Waals surface area contributed by atoms with Crippen LogP contribution in [-0.4, -0.2) is 0 Å². The Morgan fingerprint density at radius 3 is 2.29 bits per heavy atom. The summed E-state index contributed by atoms with van der Waals surface area (Å²) in [7, 11) is 0. The molecule has 0 unspecified atom stereocenters. The number of hydrogen-bond donors (Lipinski definition) is 1. The summed E-state index contributed by atoms with van der Waals surface area (Å²) in [5.41, 5.74) is 6.06. The van der Waals surface area contributed by atoms with E-state index in [1.165, 1.54) is 25.0 Å². The highest BCUT2D eigenvalue weighted by Gasteiger charge is 2.59. The fraction of sp³-hybridized carbons (Fsp3) is 0.538. The highest BCUT2D eigenvalue weighted by atomic mass is 19.4. The van der Waals surface area contributed by atoms with Gasteiger partial charge in [0.1, 0.15) is 0 Å². The second kappa shape index (κ2) is 3.05. The van der Waals surface area contributed by atoms with Gasteiger partial charge in [-0.25, -0.2) is 0 Å². The van der Waals surface area contributed by atoms with E-state index in [0.29, 0.717) is 11.0 Å². The van der Waals surface area contributed by atoms with E-state index >= 15 is 0 Å². The molecule has 1 nitrogen and oxygen atoms in total. The minimum absolute atomic E-state index is 0.378. The van der Waals surface area contributed by atoms with Crippen LogP contribution in [0.2, 0.25) is 0 Å². The number of nitrogens with two attached hydrogens (primary N) is 1. The minimum atomic E-state index is -4.28. The fourth-order valence-corrected chi connectivity index (χ4v) is 3.03. The zero-order valence-electron chi connectivity index (χ0n) is 9.35. The van der Waals surface area contributed by atoms with Crippen molar-refractivity contribution < 1.29 is 13.2 Å². The number of hydrogen-bond acceptors (Lipinski definition) is 1. The lowest BCUT2D eigenvalue weighted by atomic mass is 9.63.